The Morgan fingerprint density at radius 3 is 2.43 bits per heavy atom. The summed E-state index contributed by atoms with van der Waals surface area (Å²) in [6, 6.07) is 8.37. The van der Waals surface area contributed by atoms with Gasteiger partial charge in [-0.25, -0.2) is 0 Å². The monoisotopic (exact) mass is 284 g/mol. The van der Waals surface area contributed by atoms with E-state index in [1.165, 1.54) is 35.0 Å². The van der Waals surface area contributed by atoms with Gasteiger partial charge in [-0.3, -0.25) is 4.79 Å². The molecule has 0 bridgehead atoms. The minimum atomic E-state index is 0.265. The quantitative estimate of drug-likeness (QED) is 0.826. The van der Waals surface area contributed by atoms with E-state index >= 15 is 0 Å². The lowest BCUT2D eigenvalue weighted by atomic mass is 10.2. The van der Waals surface area contributed by atoms with Gasteiger partial charge in [-0.15, -0.1) is 0 Å². The molecular weight excluding hydrogens is 260 g/mol. The van der Waals surface area contributed by atoms with Crippen LogP contribution in [-0.2, 0) is 11.3 Å². The zero-order valence-corrected chi connectivity index (χ0v) is 13.1. The SMILES string of the molecule is Cc1c(C)n(CC(=O)N2CCCCCC2)c2ccccc12. The molecule has 3 heteroatoms. The summed E-state index contributed by atoms with van der Waals surface area (Å²) in [6.07, 6.45) is 4.81. The highest BCUT2D eigenvalue weighted by Crippen LogP contribution is 2.25. The standard InChI is InChI=1S/C18H24N2O/c1-14-15(2)20(17-10-6-5-9-16(14)17)13-18(21)19-11-7-3-4-8-12-19/h5-6,9-10H,3-4,7-8,11-13H2,1-2H3. The fourth-order valence-electron chi connectivity index (χ4n) is 3.36. The first-order chi connectivity index (χ1) is 10.2. The van der Waals surface area contributed by atoms with Crippen LogP contribution in [0.1, 0.15) is 36.9 Å². The normalized spacial score (nSPS) is 16.2. The van der Waals surface area contributed by atoms with Crippen LogP contribution in [0.15, 0.2) is 24.3 Å². The van der Waals surface area contributed by atoms with E-state index in [2.05, 4.69) is 41.5 Å². The Labute approximate surface area is 126 Å². The van der Waals surface area contributed by atoms with Crippen molar-refractivity contribution in [2.45, 2.75) is 46.1 Å². The molecule has 0 N–H and O–H groups in total. The smallest absolute Gasteiger partial charge is 0.242 e. The molecule has 3 rings (SSSR count). The first-order valence-electron chi connectivity index (χ1n) is 8.00. The predicted molar refractivity (Wildman–Crippen MR) is 86.5 cm³/mol. The van der Waals surface area contributed by atoms with E-state index < -0.39 is 0 Å². The van der Waals surface area contributed by atoms with Gasteiger partial charge in [0, 0.05) is 29.7 Å². The Bertz CT molecular complexity index is 649. The molecule has 1 amide bonds. The van der Waals surface area contributed by atoms with Crippen molar-refractivity contribution in [1.82, 2.24) is 9.47 Å². The van der Waals surface area contributed by atoms with E-state index in [1.807, 2.05) is 6.07 Å². The number of nitrogens with zero attached hydrogens (tertiary/aromatic N) is 2. The van der Waals surface area contributed by atoms with Crippen LogP contribution in [-0.4, -0.2) is 28.5 Å². The lowest BCUT2D eigenvalue weighted by molar-refractivity contribution is -0.131. The maximum absolute atomic E-state index is 12.6. The van der Waals surface area contributed by atoms with Crippen LogP contribution in [0.4, 0.5) is 0 Å². The summed E-state index contributed by atoms with van der Waals surface area (Å²) >= 11 is 0. The van der Waals surface area contributed by atoms with E-state index in [0.29, 0.717) is 6.54 Å². The van der Waals surface area contributed by atoms with Crippen LogP contribution in [0.2, 0.25) is 0 Å². The first kappa shape index (κ1) is 14.2. The third-order valence-electron chi connectivity index (χ3n) is 4.80. The molecule has 0 atom stereocenters. The van der Waals surface area contributed by atoms with Crippen molar-refractivity contribution in [1.29, 1.82) is 0 Å². The van der Waals surface area contributed by atoms with Crippen molar-refractivity contribution in [3.8, 4) is 0 Å². The van der Waals surface area contributed by atoms with E-state index in [-0.39, 0.29) is 5.91 Å². The molecule has 0 saturated carbocycles. The molecule has 1 fully saturated rings. The molecular formula is C18H24N2O. The fourth-order valence-corrected chi connectivity index (χ4v) is 3.36. The number of fused-ring (bicyclic) bond motifs is 1. The number of aromatic nitrogens is 1. The molecule has 2 heterocycles. The minimum Gasteiger partial charge on any atom is -0.341 e. The summed E-state index contributed by atoms with van der Waals surface area (Å²) in [6.45, 7) is 6.59. The summed E-state index contributed by atoms with van der Waals surface area (Å²) in [5.41, 5.74) is 3.67. The van der Waals surface area contributed by atoms with Gasteiger partial charge >= 0.3 is 0 Å². The number of carbonyl (C=O) groups excluding carboxylic acids is 1. The summed E-state index contributed by atoms with van der Waals surface area (Å²) < 4.78 is 2.18. The van der Waals surface area contributed by atoms with E-state index in [1.54, 1.807) is 0 Å². The average Bonchev–Trinajstić information content (AvgIpc) is 2.72. The van der Waals surface area contributed by atoms with Gasteiger partial charge in [0.15, 0.2) is 0 Å². The fraction of sp³-hybridized carbons (Fsp3) is 0.500. The van der Waals surface area contributed by atoms with Crippen molar-refractivity contribution in [2.75, 3.05) is 13.1 Å². The second kappa shape index (κ2) is 5.92. The number of rotatable bonds is 2. The number of amides is 1. The van der Waals surface area contributed by atoms with Crippen molar-refractivity contribution in [3.05, 3.63) is 35.5 Å². The van der Waals surface area contributed by atoms with Crippen molar-refractivity contribution in [3.63, 3.8) is 0 Å². The molecule has 1 aliphatic heterocycles. The summed E-state index contributed by atoms with van der Waals surface area (Å²) in [5, 5.41) is 1.26. The van der Waals surface area contributed by atoms with E-state index in [0.717, 1.165) is 25.9 Å². The lowest BCUT2D eigenvalue weighted by Gasteiger charge is -2.21. The number of benzene rings is 1. The molecule has 1 aromatic carbocycles. The van der Waals surface area contributed by atoms with Crippen LogP contribution in [0.25, 0.3) is 10.9 Å². The molecule has 1 aromatic heterocycles. The highest BCUT2D eigenvalue weighted by atomic mass is 16.2. The van der Waals surface area contributed by atoms with Gasteiger partial charge in [0.05, 0.1) is 0 Å². The van der Waals surface area contributed by atoms with Gasteiger partial charge in [0.2, 0.25) is 5.91 Å². The van der Waals surface area contributed by atoms with Crippen LogP contribution >= 0.6 is 0 Å². The summed E-state index contributed by atoms with van der Waals surface area (Å²) in [4.78, 5) is 14.7. The Morgan fingerprint density at radius 2 is 1.71 bits per heavy atom. The number of para-hydroxylation sites is 1. The first-order valence-corrected chi connectivity index (χ1v) is 8.00. The van der Waals surface area contributed by atoms with Crippen LogP contribution in [0.3, 0.4) is 0 Å². The predicted octanol–water partition coefficient (Wildman–Crippen LogP) is 3.66. The summed E-state index contributed by atoms with van der Waals surface area (Å²) in [7, 11) is 0. The van der Waals surface area contributed by atoms with Gasteiger partial charge in [-0.2, -0.15) is 0 Å². The zero-order chi connectivity index (χ0) is 14.8. The number of aryl methyl sites for hydroxylation is 1. The number of likely N-dealkylation sites (tertiary alicyclic amines) is 1. The maximum Gasteiger partial charge on any atom is 0.242 e. The molecule has 3 nitrogen and oxygen atoms in total. The largest absolute Gasteiger partial charge is 0.341 e. The second-order valence-corrected chi connectivity index (χ2v) is 6.11. The van der Waals surface area contributed by atoms with Gasteiger partial charge in [-0.05, 0) is 38.3 Å². The lowest BCUT2D eigenvalue weighted by Crippen LogP contribution is -2.34. The average molecular weight is 284 g/mol. The van der Waals surface area contributed by atoms with Crippen LogP contribution in [0.5, 0.6) is 0 Å². The van der Waals surface area contributed by atoms with Gasteiger partial charge in [0.1, 0.15) is 6.54 Å². The van der Waals surface area contributed by atoms with Crippen LogP contribution in [0, 0.1) is 13.8 Å². The molecule has 0 unspecified atom stereocenters. The maximum atomic E-state index is 12.6. The third kappa shape index (κ3) is 2.69. The number of hydrogen-bond donors (Lipinski definition) is 0. The van der Waals surface area contributed by atoms with Crippen LogP contribution < -0.4 is 0 Å². The Hall–Kier alpha value is -1.77. The summed E-state index contributed by atoms with van der Waals surface area (Å²) in [5.74, 6) is 0.265. The molecule has 0 aliphatic carbocycles. The molecule has 0 radical (unpaired) electrons. The highest BCUT2D eigenvalue weighted by Gasteiger charge is 2.18. The van der Waals surface area contributed by atoms with Gasteiger partial charge in [0.25, 0.3) is 0 Å². The number of hydrogen-bond acceptors (Lipinski definition) is 1. The van der Waals surface area contributed by atoms with Gasteiger partial charge in [-0.1, -0.05) is 31.0 Å². The third-order valence-corrected chi connectivity index (χ3v) is 4.80. The van der Waals surface area contributed by atoms with Crippen molar-refractivity contribution < 1.29 is 4.79 Å². The molecule has 112 valence electrons. The topological polar surface area (TPSA) is 25.2 Å². The Morgan fingerprint density at radius 1 is 1.05 bits per heavy atom. The van der Waals surface area contributed by atoms with E-state index in [9.17, 15) is 4.79 Å². The molecule has 1 saturated heterocycles. The molecule has 0 spiro atoms. The minimum absolute atomic E-state index is 0.265. The highest BCUT2D eigenvalue weighted by molar-refractivity contribution is 5.87. The Balaban J connectivity index is 1.87. The number of carbonyl (C=O) groups is 1. The van der Waals surface area contributed by atoms with Crippen molar-refractivity contribution in [2.24, 2.45) is 0 Å². The second-order valence-electron chi connectivity index (χ2n) is 6.11. The molecule has 1 aliphatic rings. The zero-order valence-electron chi connectivity index (χ0n) is 13.1. The van der Waals surface area contributed by atoms with Gasteiger partial charge < -0.3 is 9.47 Å². The molecule has 21 heavy (non-hydrogen) atoms. The van der Waals surface area contributed by atoms with Crippen molar-refractivity contribution >= 4 is 16.8 Å². The van der Waals surface area contributed by atoms with E-state index in [4.69, 9.17) is 0 Å². The molecule has 2 aromatic rings. The Kier molecular flexibility index (Phi) is 4.00.